The van der Waals surface area contributed by atoms with E-state index in [-0.39, 0.29) is 0 Å². The van der Waals surface area contributed by atoms with E-state index in [1.807, 2.05) is 18.3 Å². The third-order valence-corrected chi connectivity index (χ3v) is 3.38. The minimum absolute atomic E-state index is 0.569. The van der Waals surface area contributed by atoms with Gasteiger partial charge in [0.1, 0.15) is 10.3 Å². The molecule has 0 aromatic carbocycles. The Hall–Kier alpha value is -1.06. The topological polar surface area (TPSA) is 17.3 Å². The average molecular weight is 209 g/mol. The monoisotopic (exact) mass is 208 g/mol. The second-order valence-corrected chi connectivity index (χ2v) is 4.19. The lowest BCUT2D eigenvalue weighted by Gasteiger charge is -1.92. The first kappa shape index (κ1) is 7.35. The summed E-state index contributed by atoms with van der Waals surface area (Å²) < 4.78 is 3.24. The average Bonchev–Trinajstić information content (AvgIpc) is 2.62. The fourth-order valence-electron chi connectivity index (χ4n) is 1.46. The van der Waals surface area contributed by atoms with Crippen molar-refractivity contribution in [1.29, 1.82) is 0 Å². The number of fused-ring (bicyclic) bond motifs is 3. The molecule has 13 heavy (non-hydrogen) atoms. The summed E-state index contributed by atoms with van der Waals surface area (Å²) in [6.45, 7) is 0. The van der Waals surface area contributed by atoms with Crippen molar-refractivity contribution in [3.63, 3.8) is 0 Å². The van der Waals surface area contributed by atoms with Crippen molar-refractivity contribution in [3.05, 3.63) is 35.7 Å². The Bertz CT molecular complexity index is 581. The van der Waals surface area contributed by atoms with Crippen molar-refractivity contribution >= 4 is 38.0 Å². The molecule has 0 aliphatic carbocycles. The molecule has 64 valence electrons. The maximum absolute atomic E-state index is 6.01. The van der Waals surface area contributed by atoms with Gasteiger partial charge in [-0.05, 0) is 18.2 Å². The van der Waals surface area contributed by atoms with Gasteiger partial charge in [0.15, 0.2) is 5.15 Å². The summed E-state index contributed by atoms with van der Waals surface area (Å²) in [5.74, 6) is 0. The van der Waals surface area contributed by atoms with Crippen molar-refractivity contribution in [1.82, 2.24) is 9.38 Å². The van der Waals surface area contributed by atoms with Crippen LogP contribution < -0.4 is 0 Å². The van der Waals surface area contributed by atoms with Crippen LogP contribution in [0.4, 0.5) is 0 Å². The van der Waals surface area contributed by atoms with Gasteiger partial charge in [-0.15, -0.1) is 11.3 Å². The van der Waals surface area contributed by atoms with Gasteiger partial charge in [0, 0.05) is 12.4 Å². The van der Waals surface area contributed by atoms with Gasteiger partial charge in [-0.3, -0.25) is 0 Å². The van der Waals surface area contributed by atoms with Crippen molar-refractivity contribution < 1.29 is 0 Å². The number of rotatable bonds is 0. The first-order chi connectivity index (χ1) is 6.36. The van der Waals surface area contributed by atoms with Crippen LogP contribution in [0.25, 0.3) is 15.0 Å². The molecule has 0 unspecified atom stereocenters. The molecule has 3 rings (SSSR count). The third kappa shape index (κ3) is 0.913. The van der Waals surface area contributed by atoms with Crippen molar-refractivity contribution in [2.45, 2.75) is 0 Å². The van der Waals surface area contributed by atoms with Crippen LogP contribution >= 0.6 is 22.9 Å². The van der Waals surface area contributed by atoms with Crippen molar-refractivity contribution in [2.24, 2.45) is 0 Å². The van der Waals surface area contributed by atoms with Gasteiger partial charge in [-0.25, -0.2) is 4.98 Å². The molecule has 0 bridgehead atoms. The lowest BCUT2D eigenvalue weighted by Crippen LogP contribution is -1.80. The molecule has 0 aliphatic heterocycles. The molecule has 3 aromatic heterocycles. The Morgan fingerprint density at radius 3 is 3.23 bits per heavy atom. The zero-order chi connectivity index (χ0) is 8.84. The number of thiazole rings is 1. The first-order valence-corrected chi connectivity index (χ1v) is 5.06. The summed E-state index contributed by atoms with van der Waals surface area (Å²) in [5, 5.41) is 0.569. The minimum atomic E-state index is 0.569. The van der Waals surface area contributed by atoms with E-state index in [0.717, 1.165) is 5.52 Å². The molecule has 0 N–H and O–H groups in total. The van der Waals surface area contributed by atoms with Crippen LogP contribution in [-0.4, -0.2) is 9.38 Å². The van der Waals surface area contributed by atoms with Gasteiger partial charge >= 0.3 is 0 Å². The van der Waals surface area contributed by atoms with Gasteiger partial charge < -0.3 is 4.40 Å². The summed E-state index contributed by atoms with van der Waals surface area (Å²) in [6, 6.07) is 6.06. The SMILES string of the molecule is Clc1nccc2sc3cccn3c12. The maximum atomic E-state index is 6.01. The molecule has 0 radical (unpaired) electrons. The normalized spacial score (nSPS) is 11.5. The van der Waals surface area contributed by atoms with Crippen molar-refractivity contribution in [3.8, 4) is 0 Å². The first-order valence-electron chi connectivity index (χ1n) is 3.86. The molecule has 0 fully saturated rings. The molecule has 0 amide bonds. The van der Waals surface area contributed by atoms with Gasteiger partial charge in [0.05, 0.1) is 4.70 Å². The molecule has 0 atom stereocenters. The summed E-state index contributed by atoms with van der Waals surface area (Å²) >= 11 is 7.73. The standard InChI is InChI=1S/C9H5ClN2S/c10-9-8-6(3-4-11-9)13-7-2-1-5-12(7)8/h1-5H. The lowest BCUT2D eigenvalue weighted by molar-refractivity contribution is 1.26. The summed E-state index contributed by atoms with van der Waals surface area (Å²) in [7, 11) is 0. The van der Waals surface area contributed by atoms with Crippen LogP contribution in [0.5, 0.6) is 0 Å². The van der Waals surface area contributed by atoms with Gasteiger partial charge in [0.2, 0.25) is 0 Å². The number of nitrogens with zero attached hydrogens (tertiary/aromatic N) is 2. The molecular formula is C9H5ClN2S. The van der Waals surface area contributed by atoms with Crippen LogP contribution in [0.15, 0.2) is 30.6 Å². The van der Waals surface area contributed by atoms with E-state index in [0.29, 0.717) is 5.15 Å². The highest BCUT2D eigenvalue weighted by molar-refractivity contribution is 7.24. The quantitative estimate of drug-likeness (QED) is 0.519. The Morgan fingerprint density at radius 1 is 1.38 bits per heavy atom. The van der Waals surface area contributed by atoms with Crippen LogP contribution in [-0.2, 0) is 0 Å². The van der Waals surface area contributed by atoms with E-state index in [9.17, 15) is 0 Å². The van der Waals surface area contributed by atoms with E-state index in [4.69, 9.17) is 11.6 Å². The highest BCUT2D eigenvalue weighted by Crippen LogP contribution is 2.30. The Labute approximate surface area is 83.4 Å². The van der Waals surface area contributed by atoms with E-state index >= 15 is 0 Å². The summed E-state index contributed by atoms with van der Waals surface area (Å²) in [6.07, 6.45) is 3.74. The highest BCUT2D eigenvalue weighted by Gasteiger charge is 2.06. The van der Waals surface area contributed by atoms with E-state index in [1.54, 1.807) is 17.5 Å². The predicted molar refractivity (Wildman–Crippen MR) is 55.6 cm³/mol. The summed E-state index contributed by atoms with van der Waals surface area (Å²) in [5.41, 5.74) is 1.01. The largest absolute Gasteiger partial charge is 0.305 e. The molecule has 0 saturated carbocycles. The number of aromatic nitrogens is 2. The number of hydrogen-bond acceptors (Lipinski definition) is 2. The van der Waals surface area contributed by atoms with Crippen molar-refractivity contribution in [2.75, 3.05) is 0 Å². The van der Waals surface area contributed by atoms with Gasteiger partial charge in [-0.2, -0.15) is 0 Å². The van der Waals surface area contributed by atoms with Crippen LogP contribution in [0.2, 0.25) is 5.15 Å². The molecule has 0 saturated heterocycles. The molecule has 3 heterocycles. The van der Waals surface area contributed by atoms with Crippen LogP contribution in [0, 0.1) is 0 Å². The summed E-state index contributed by atoms with van der Waals surface area (Å²) in [4.78, 5) is 5.26. The molecular weight excluding hydrogens is 204 g/mol. The van der Waals surface area contributed by atoms with E-state index in [1.165, 1.54) is 9.53 Å². The smallest absolute Gasteiger partial charge is 0.154 e. The van der Waals surface area contributed by atoms with E-state index < -0.39 is 0 Å². The molecule has 4 heteroatoms. The molecule has 3 aromatic rings. The highest BCUT2D eigenvalue weighted by atomic mass is 35.5. The molecule has 2 nitrogen and oxygen atoms in total. The molecule has 0 spiro atoms. The van der Waals surface area contributed by atoms with Crippen LogP contribution in [0.1, 0.15) is 0 Å². The number of pyridine rings is 1. The fourth-order valence-corrected chi connectivity index (χ4v) is 2.81. The Kier molecular flexibility index (Phi) is 1.39. The lowest BCUT2D eigenvalue weighted by atomic mass is 10.4. The number of halogens is 1. The molecule has 0 aliphatic rings. The third-order valence-electron chi connectivity index (χ3n) is 2.01. The fraction of sp³-hybridized carbons (Fsp3) is 0. The number of hydrogen-bond donors (Lipinski definition) is 0. The van der Waals surface area contributed by atoms with E-state index in [2.05, 4.69) is 15.5 Å². The minimum Gasteiger partial charge on any atom is -0.305 e. The second-order valence-electron chi connectivity index (χ2n) is 2.77. The van der Waals surface area contributed by atoms with Crippen LogP contribution in [0.3, 0.4) is 0 Å². The van der Waals surface area contributed by atoms with Gasteiger partial charge in [0.25, 0.3) is 0 Å². The predicted octanol–water partition coefficient (Wildman–Crippen LogP) is 3.20. The zero-order valence-electron chi connectivity index (χ0n) is 6.57. The Balaban J connectivity index is 2.68. The zero-order valence-corrected chi connectivity index (χ0v) is 8.14. The van der Waals surface area contributed by atoms with Gasteiger partial charge in [-0.1, -0.05) is 11.6 Å². The maximum Gasteiger partial charge on any atom is 0.154 e. The Morgan fingerprint density at radius 2 is 2.31 bits per heavy atom. The second kappa shape index (κ2) is 2.47.